The summed E-state index contributed by atoms with van der Waals surface area (Å²) in [7, 11) is 0. The van der Waals surface area contributed by atoms with Gasteiger partial charge < -0.3 is 19.7 Å². The van der Waals surface area contributed by atoms with Crippen LogP contribution in [0.1, 0.15) is 38.7 Å². The van der Waals surface area contributed by atoms with Crippen LogP contribution in [-0.4, -0.2) is 35.6 Å². The van der Waals surface area contributed by atoms with Crippen molar-refractivity contribution in [2.45, 2.75) is 51.7 Å². The van der Waals surface area contributed by atoms with E-state index in [1.54, 1.807) is 4.90 Å². The van der Waals surface area contributed by atoms with Gasteiger partial charge in [0, 0.05) is 19.0 Å². The molecule has 2 aliphatic heterocycles. The van der Waals surface area contributed by atoms with E-state index >= 15 is 0 Å². The Bertz CT molecular complexity index is 617. The smallest absolute Gasteiger partial charge is 0.243 e. The monoisotopic (exact) mass is 318 g/mol. The molecule has 2 atom stereocenters. The van der Waals surface area contributed by atoms with E-state index in [0.29, 0.717) is 25.1 Å². The van der Waals surface area contributed by atoms with Crippen LogP contribution < -0.4 is 14.8 Å². The maximum Gasteiger partial charge on any atom is 0.243 e. The van der Waals surface area contributed by atoms with Crippen LogP contribution in [0, 0.1) is 0 Å². The van der Waals surface area contributed by atoms with Gasteiger partial charge in [0.15, 0.2) is 11.5 Å². The van der Waals surface area contributed by atoms with Crippen molar-refractivity contribution in [1.82, 2.24) is 10.2 Å². The highest BCUT2D eigenvalue weighted by atomic mass is 16.7. The van der Waals surface area contributed by atoms with Gasteiger partial charge in [-0.1, -0.05) is 13.0 Å². The molecular weight excluding hydrogens is 296 g/mol. The first-order chi connectivity index (χ1) is 11.1. The summed E-state index contributed by atoms with van der Waals surface area (Å²) in [6.07, 6.45) is 1.89. The normalized spacial score (nSPS) is 20.7. The summed E-state index contributed by atoms with van der Waals surface area (Å²) in [6.45, 7) is 4.66. The van der Waals surface area contributed by atoms with E-state index in [1.165, 1.54) is 0 Å². The number of fused-ring (bicyclic) bond motifs is 1. The van der Waals surface area contributed by atoms with E-state index in [4.69, 9.17) is 9.47 Å². The maximum absolute atomic E-state index is 12.5. The van der Waals surface area contributed by atoms with Crippen LogP contribution in [0.15, 0.2) is 18.2 Å². The molecule has 1 fully saturated rings. The highest BCUT2D eigenvalue weighted by Gasteiger charge is 2.38. The zero-order valence-electron chi connectivity index (χ0n) is 13.5. The van der Waals surface area contributed by atoms with Gasteiger partial charge in [-0.3, -0.25) is 9.59 Å². The summed E-state index contributed by atoms with van der Waals surface area (Å²) >= 11 is 0. The van der Waals surface area contributed by atoms with Gasteiger partial charge in [-0.05, 0) is 37.5 Å². The molecule has 0 unspecified atom stereocenters. The van der Waals surface area contributed by atoms with Gasteiger partial charge in [0.1, 0.15) is 6.04 Å². The molecule has 124 valence electrons. The number of hydrogen-bond acceptors (Lipinski definition) is 4. The maximum atomic E-state index is 12.5. The van der Waals surface area contributed by atoms with Gasteiger partial charge in [0.25, 0.3) is 0 Å². The molecule has 1 aromatic rings. The molecule has 0 aromatic heterocycles. The zero-order valence-corrected chi connectivity index (χ0v) is 13.5. The molecule has 6 heteroatoms. The predicted octanol–water partition coefficient (Wildman–Crippen LogP) is 1.82. The third-order valence-electron chi connectivity index (χ3n) is 4.53. The van der Waals surface area contributed by atoms with Crippen LogP contribution in [0.4, 0.5) is 0 Å². The number of hydrogen-bond donors (Lipinski definition) is 1. The average Bonchev–Trinajstić information content (AvgIpc) is 3.17. The van der Waals surface area contributed by atoms with Gasteiger partial charge in [-0.2, -0.15) is 0 Å². The van der Waals surface area contributed by atoms with Gasteiger partial charge >= 0.3 is 0 Å². The lowest BCUT2D eigenvalue weighted by atomic mass is 10.1. The number of likely N-dealkylation sites (tertiary alicyclic amines) is 1. The number of nitrogens with zero attached hydrogens (tertiary/aromatic N) is 1. The number of benzene rings is 1. The molecular formula is C17H22N2O4. The third-order valence-corrected chi connectivity index (χ3v) is 4.53. The minimum Gasteiger partial charge on any atom is -0.454 e. The fraction of sp³-hybridized carbons (Fsp3) is 0.529. The minimum atomic E-state index is -0.355. The lowest BCUT2D eigenvalue weighted by Gasteiger charge is -2.29. The Labute approximate surface area is 135 Å². The van der Waals surface area contributed by atoms with E-state index < -0.39 is 0 Å². The average molecular weight is 318 g/mol. The first kappa shape index (κ1) is 15.6. The van der Waals surface area contributed by atoms with Crippen LogP contribution >= 0.6 is 0 Å². The van der Waals surface area contributed by atoms with E-state index in [0.717, 1.165) is 17.7 Å². The van der Waals surface area contributed by atoms with Crippen molar-refractivity contribution >= 4 is 11.8 Å². The second-order valence-corrected chi connectivity index (χ2v) is 6.02. The van der Waals surface area contributed by atoms with Crippen LogP contribution in [0.3, 0.4) is 0 Å². The van der Waals surface area contributed by atoms with Crippen molar-refractivity contribution in [2.24, 2.45) is 0 Å². The lowest BCUT2D eigenvalue weighted by Crippen LogP contribution is -2.48. The zero-order chi connectivity index (χ0) is 16.4. The predicted molar refractivity (Wildman–Crippen MR) is 84.0 cm³/mol. The highest BCUT2D eigenvalue weighted by Crippen LogP contribution is 2.32. The third kappa shape index (κ3) is 3.11. The second kappa shape index (κ2) is 6.48. The topological polar surface area (TPSA) is 67.9 Å². The summed E-state index contributed by atoms with van der Waals surface area (Å²) < 4.78 is 10.6. The Balaban J connectivity index is 1.61. The molecule has 0 saturated carbocycles. The molecule has 2 amide bonds. The second-order valence-electron chi connectivity index (χ2n) is 6.02. The first-order valence-electron chi connectivity index (χ1n) is 8.07. The summed E-state index contributed by atoms with van der Waals surface area (Å²) in [5, 5.41) is 2.93. The van der Waals surface area contributed by atoms with Crippen molar-refractivity contribution in [3.05, 3.63) is 23.8 Å². The molecule has 0 spiro atoms. The standard InChI is InChI=1S/C17H22N2O4/c1-3-11(2)19-13(5-7-16(19)20)17(21)18-9-12-4-6-14-15(8-12)23-10-22-14/h4,6,8,11,13H,3,5,7,9-10H2,1-2H3,(H,18,21)/t11-,13-/m1/s1. The largest absolute Gasteiger partial charge is 0.454 e. The molecule has 2 aliphatic rings. The number of nitrogens with one attached hydrogen (secondary N) is 1. The molecule has 23 heavy (non-hydrogen) atoms. The van der Waals surface area contributed by atoms with Crippen LogP contribution in [0.5, 0.6) is 11.5 Å². The quantitative estimate of drug-likeness (QED) is 0.899. The molecule has 1 N–H and O–H groups in total. The van der Waals surface area contributed by atoms with E-state index in [-0.39, 0.29) is 30.7 Å². The fourth-order valence-corrected chi connectivity index (χ4v) is 3.07. The van der Waals surface area contributed by atoms with Gasteiger partial charge in [-0.15, -0.1) is 0 Å². The molecule has 1 saturated heterocycles. The minimum absolute atomic E-state index is 0.0718. The molecule has 0 radical (unpaired) electrons. The summed E-state index contributed by atoms with van der Waals surface area (Å²) in [5.41, 5.74) is 0.946. The molecule has 0 bridgehead atoms. The highest BCUT2D eigenvalue weighted by molar-refractivity contribution is 5.91. The Hall–Kier alpha value is -2.24. The Morgan fingerprint density at radius 1 is 1.39 bits per heavy atom. The summed E-state index contributed by atoms with van der Waals surface area (Å²) in [6, 6.07) is 5.35. The number of carbonyl (C=O) groups is 2. The van der Waals surface area contributed by atoms with Crippen molar-refractivity contribution in [2.75, 3.05) is 6.79 Å². The summed E-state index contributed by atoms with van der Waals surface area (Å²) in [4.78, 5) is 26.2. The van der Waals surface area contributed by atoms with Gasteiger partial charge in [-0.25, -0.2) is 0 Å². The molecule has 3 rings (SSSR count). The van der Waals surface area contributed by atoms with E-state index in [2.05, 4.69) is 5.32 Å². The summed E-state index contributed by atoms with van der Waals surface area (Å²) in [5.74, 6) is 1.41. The molecule has 0 aliphatic carbocycles. The Morgan fingerprint density at radius 2 is 2.17 bits per heavy atom. The van der Waals surface area contributed by atoms with Crippen molar-refractivity contribution in [3.63, 3.8) is 0 Å². The first-order valence-corrected chi connectivity index (χ1v) is 8.07. The van der Waals surface area contributed by atoms with Crippen molar-refractivity contribution in [1.29, 1.82) is 0 Å². The SMILES string of the molecule is CC[C@@H](C)N1C(=O)CC[C@@H]1C(=O)NCc1ccc2c(c1)OCO2. The van der Waals surface area contributed by atoms with E-state index in [1.807, 2.05) is 32.0 Å². The van der Waals surface area contributed by atoms with Crippen LogP contribution in [0.25, 0.3) is 0 Å². The number of amides is 2. The van der Waals surface area contributed by atoms with Crippen molar-refractivity contribution < 1.29 is 19.1 Å². The molecule has 6 nitrogen and oxygen atoms in total. The Kier molecular flexibility index (Phi) is 4.41. The lowest BCUT2D eigenvalue weighted by molar-refractivity contribution is -0.137. The van der Waals surface area contributed by atoms with E-state index in [9.17, 15) is 9.59 Å². The number of ether oxygens (including phenoxy) is 2. The van der Waals surface area contributed by atoms with Crippen molar-refractivity contribution in [3.8, 4) is 11.5 Å². The fourth-order valence-electron chi connectivity index (χ4n) is 3.07. The molecule has 2 heterocycles. The van der Waals surface area contributed by atoms with Gasteiger partial charge in [0.05, 0.1) is 0 Å². The van der Waals surface area contributed by atoms with Gasteiger partial charge in [0.2, 0.25) is 18.6 Å². The Morgan fingerprint density at radius 3 is 2.96 bits per heavy atom. The molecule has 1 aromatic carbocycles. The number of carbonyl (C=O) groups excluding carboxylic acids is 2. The van der Waals surface area contributed by atoms with Crippen LogP contribution in [-0.2, 0) is 16.1 Å². The van der Waals surface area contributed by atoms with Crippen LogP contribution in [0.2, 0.25) is 0 Å². The number of rotatable bonds is 5.